The summed E-state index contributed by atoms with van der Waals surface area (Å²) in [5, 5.41) is 0. The lowest BCUT2D eigenvalue weighted by Crippen LogP contribution is -2.54. The van der Waals surface area contributed by atoms with Crippen LogP contribution in [0.1, 0.15) is 60.3 Å². The topological polar surface area (TPSA) is 29.3 Å². The van der Waals surface area contributed by atoms with E-state index >= 15 is 0 Å². The molecule has 0 spiro atoms. The highest BCUT2D eigenvalue weighted by Crippen LogP contribution is 2.35. The molecule has 102 valence electrons. The van der Waals surface area contributed by atoms with Gasteiger partial charge < -0.3 is 10.6 Å². The molecule has 1 atom stereocenters. The van der Waals surface area contributed by atoms with Gasteiger partial charge in [0.15, 0.2) is 0 Å². The predicted molar refractivity (Wildman–Crippen MR) is 76.1 cm³/mol. The zero-order valence-electron chi connectivity index (χ0n) is 12.6. The third-order valence-electron chi connectivity index (χ3n) is 5.20. The summed E-state index contributed by atoms with van der Waals surface area (Å²) in [5.41, 5.74) is 7.01. The molecule has 1 heterocycles. The second-order valence-electron chi connectivity index (χ2n) is 6.66. The van der Waals surface area contributed by atoms with Crippen LogP contribution in [0, 0.1) is 10.8 Å². The van der Waals surface area contributed by atoms with Crippen LogP contribution in [0.5, 0.6) is 0 Å². The van der Waals surface area contributed by atoms with Crippen LogP contribution in [0.2, 0.25) is 0 Å². The molecule has 1 aliphatic heterocycles. The molecule has 0 bridgehead atoms. The summed E-state index contributed by atoms with van der Waals surface area (Å²) in [6.07, 6.45) is 5.04. The number of piperidine rings is 1. The minimum atomic E-state index is 0.277. The van der Waals surface area contributed by atoms with Gasteiger partial charge >= 0.3 is 0 Å². The summed E-state index contributed by atoms with van der Waals surface area (Å²) in [7, 11) is 0. The third-order valence-corrected chi connectivity index (χ3v) is 5.20. The Labute approximate surface area is 108 Å². The van der Waals surface area contributed by atoms with E-state index in [4.69, 9.17) is 5.73 Å². The van der Waals surface area contributed by atoms with E-state index in [-0.39, 0.29) is 5.41 Å². The van der Waals surface area contributed by atoms with Gasteiger partial charge in [-0.05, 0) is 43.1 Å². The Kier molecular flexibility index (Phi) is 5.03. The van der Waals surface area contributed by atoms with E-state index in [9.17, 15) is 0 Å². The Bertz CT molecular complexity index is 223. The second-order valence-corrected chi connectivity index (χ2v) is 6.66. The van der Waals surface area contributed by atoms with Crippen molar-refractivity contribution in [1.29, 1.82) is 0 Å². The van der Waals surface area contributed by atoms with Gasteiger partial charge in [-0.15, -0.1) is 0 Å². The van der Waals surface area contributed by atoms with Crippen LogP contribution in [0.3, 0.4) is 0 Å². The van der Waals surface area contributed by atoms with Crippen LogP contribution in [0.15, 0.2) is 0 Å². The molecule has 2 N–H and O–H groups in total. The molecule has 1 aliphatic rings. The van der Waals surface area contributed by atoms with Crippen molar-refractivity contribution in [3.63, 3.8) is 0 Å². The Morgan fingerprint density at radius 2 is 1.71 bits per heavy atom. The van der Waals surface area contributed by atoms with E-state index in [0.29, 0.717) is 11.5 Å². The van der Waals surface area contributed by atoms with Crippen molar-refractivity contribution in [3.8, 4) is 0 Å². The Hall–Kier alpha value is -0.0800. The van der Waals surface area contributed by atoms with Crippen molar-refractivity contribution in [2.45, 2.75) is 66.3 Å². The molecular weight excluding hydrogens is 208 g/mol. The predicted octanol–water partition coefficient (Wildman–Crippen LogP) is 3.26. The van der Waals surface area contributed by atoms with Crippen molar-refractivity contribution in [2.24, 2.45) is 16.6 Å². The van der Waals surface area contributed by atoms with Gasteiger partial charge in [0.1, 0.15) is 0 Å². The maximum absolute atomic E-state index is 6.21. The Balaban J connectivity index is 2.63. The number of rotatable bonds is 5. The molecule has 1 fully saturated rings. The van der Waals surface area contributed by atoms with E-state index in [1.54, 1.807) is 0 Å². The first kappa shape index (κ1) is 15.0. The molecule has 1 saturated heterocycles. The summed E-state index contributed by atoms with van der Waals surface area (Å²) in [6.45, 7) is 15.3. The molecule has 17 heavy (non-hydrogen) atoms. The normalized spacial score (nSPS) is 26.1. The Morgan fingerprint density at radius 1 is 1.18 bits per heavy atom. The highest BCUT2D eigenvalue weighted by Gasteiger charge is 2.36. The fraction of sp³-hybridized carbons (Fsp3) is 1.00. The van der Waals surface area contributed by atoms with Crippen LogP contribution < -0.4 is 5.73 Å². The second kappa shape index (κ2) is 5.71. The molecule has 1 unspecified atom stereocenters. The van der Waals surface area contributed by atoms with Gasteiger partial charge in [0, 0.05) is 19.1 Å². The summed E-state index contributed by atoms with van der Waals surface area (Å²) in [4.78, 5) is 2.65. The maximum Gasteiger partial charge on any atom is 0.0115 e. The third kappa shape index (κ3) is 3.45. The molecule has 2 heteroatoms. The minimum Gasteiger partial charge on any atom is -0.327 e. The molecule has 0 amide bonds. The molecule has 0 aromatic carbocycles. The molecule has 1 rings (SSSR count). The van der Waals surface area contributed by atoms with Crippen LogP contribution >= 0.6 is 0 Å². The molecule has 0 saturated carbocycles. The highest BCUT2D eigenvalue weighted by molar-refractivity contribution is 4.91. The summed E-state index contributed by atoms with van der Waals surface area (Å²) < 4.78 is 0. The van der Waals surface area contributed by atoms with E-state index in [2.05, 4.69) is 39.5 Å². The molecule has 0 radical (unpaired) electrons. The van der Waals surface area contributed by atoms with E-state index in [0.717, 1.165) is 13.0 Å². The number of hydrogen-bond donors (Lipinski definition) is 1. The SMILES string of the molecule is CCC(CC)(CC)CN1CCC(N)C(C)(C)C1. The highest BCUT2D eigenvalue weighted by atomic mass is 15.2. The van der Waals surface area contributed by atoms with E-state index in [1.165, 1.54) is 32.4 Å². The summed E-state index contributed by atoms with van der Waals surface area (Å²) >= 11 is 0. The molecule has 2 nitrogen and oxygen atoms in total. The quantitative estimate of drug-likeness (QED) is 0.799. The zero-order chi connectivity index (χ0) is 13.1. The number of hydrogen-bond acceptors (Lipinski definition) is 2. The van der Waals surface area contributed by atoms with Crippen LogP contribution in [-0.2, 0) is 0 Å². The van der Waals surface area contributed by atoms with E-state index < -0.39 is 0 Å². The average molecular weight is 240 g/mol. The molecule has 0 aromatic rings. The first-order chi connectivity index (χ1) is 7.89. The van der Waals surface area contributed by atoms with Crippen LogP contribution in [0.25, 0.3) is 0 Å². The first-order valence-electron chi connectivity index (χ1n) is 7.37. The number of nitrogens with zero attached hydrogens (tertiary/aromatic N) is 1. The van der Waals surface area contributed by atoms with Gasteiger partial charge in [0.25, 0.3) is 0 Å². The number of nitrogens with two attached hydrogens (primary N) is 1. The monoisotopic (exact) mass is 240 g/mol. The van der Waals surface area contributed by atoms with Crippen LogP contribution in [0.4, 0.5) is 0 Å². The van der Waals surface area contributed by atoms with Gasteiger partial charge in [-0.2, -0.15) is 0 Å². The zero-order valence-corrected chi connectivity index (χ0v) is 12.6. The van der Waals surface area contributed by atoms with Gasteiger partial charge in [0.2, 0.25) is 0 Å². The largest absolute Gasteiger partial charge is 0.327 e. The summed E-state index contributed by atoms with van der Waals surface area (Å²) in [5.74, 6) is 0. The number of likely N-dealkylation sites (tertiary alicyclic amines) is 1. The average Bonchev–Trinajstić information content (AvgIpc) is 2.31. The summed E-state index contributed by atoms with van der Waals surface area (Å²) in [6, 6.07) is 0.373. The minimum absolute atomic E-state index is 0.277. The standard InChI is InChI=1S/C15H32N2/c1-6-15(7-2,8-3)12-17-10-9-13(16)14(4,5)11-17/h13H,6-12,16H2,1-5H3. The van der Waals surface area contributed by atoms with Crippen molar-refractivity contribution in [2.75, 3.05) is 19.6 Å². The van der Waals surface area contributed by atoms with Crippen LogP contribution in [-0.4, -0.2) is 30.6 Å². The Morgan fingerprint density at radius 3 is 2.12 bits per heavy atom. The first-order valence-corrected chi connectivity index (χ1v) is 7.37. The smallest absolute Gasteiger partial charge is 0.0115 e. The van der Waals surface area contributed by atoms with Gasteiger partial charge in [-0.3, -0.25) is 0 Å². The van der Waals surface area contributed by atoms with Crippen molar-refractivity contribution < 1.29 is 0 Å². The fourth-order valence-corrected chi connectivity index (χ4v) is 3.18. The molecule has 0 aromatic heterocycles. The lowest BCUT2D eigenvalue weighted by atomic mass is 9.76. The van der Waals surface area contributed by atoms with E-state index in [1.807, 2.05) is 0 Å². The molecular formula is C15H32N2. The van der Waals surface area contributed by atoms with Gasteiger partial charge in [0.05, 0.1) is 0 Å². The lowest BCUT2D eigenvalue weighted by Gasteiger charge is -2.46. The maximum atomic E-state index is 6.21. The van der Waals surface area contributed by atoms with Gasteiger partial charge in [-0.25, -0.2) is 0 Å². The molecule has 0 aliphatic carbocycles. The van der Waals surface area contributed by atoms with Crippen molar-refractivity contribution in [1.82, 2.24) is 4.90 Å². The van der Waals surface area contributed by atoms with Gasteiger partial charge in [-0.1, -0.05) is 34.6 Å². The van der Waals surface area contributed by atoms with Crippen molar-refractivity contribution >= 4 is 0 Å². The van der Waals surface area contributed by atoms with Crippen molar-refractivity contribution in [3.05, 3.63) is 0 Å². The lowest BCUT2D eigenvalue weighted by molar-refractivity contribution is 0.0489. The fourth-order valence-electron chi connectivity index (χ4n) is 3.18.